The Bertz CT molecular complexity index is 1500. The van der Waals surface area contributed by atoms with Gasteiger partial charge in [-0.05, 0) is 43.9 Å². The minimum atomic E-state index is -0.508. The van der Waals surface area contributed by atoms with Crippen molar-refractivity contribution < 1.29 is 9.13 Å². The fraction of sp³-hybridized carbons (Fsp3) is 0.360. The molecule has 180 valence electrons. The van der Waals surface area contributed by atoms with Gasteiger partial charge >= 0.3 is 0 Å². The topological polar surface area (TPSA) is 77.5 Å². The van der Waals surface area contributed by atoms with Gasteiger partial charge in [-0.25, -0.2) is 14.4 Å². The van der Waals surface area contributed by atoms with E-state index in [1.165, 1.54) is 10.5 Å². The lowest BCUT2D eigenvalue weighted by atomic mass is 9.97. The third-order valence-corrected chi connectivity index (χ3v) is 6.98. The van der Waals surface area contributed by atoms with Crippen LogP contribution in [0.25, 0.3) is 16.9 Å². The van der Waals surface area contributed by atoms with E-state index >= 15 is 4.39 Å². The number of rotatable bonds is 3. The van der Waals surface area contributed by atoms with E-state index in [0.29, 0.717) is 48.3 Å². The van der Waals surface area contributed by atoms with Gasteiger partial charge in [-0.3, -0.25) is 13.9 Å². The van der Waals surface area contributed by atoms with Gasteiger partial charge in [0.2, 0.25) is 0 Å². The lowest BCUT2D eigenvalue weighted by Crippen LogP contribution is -2.39. The van der Waals surface area contributed by atoms with Crippen LogP contribution in [0.4, 0.5) is 10.2 Å². The quantitative estimate of drug-likeness (QED) is 0.432. The minimum absolute atomic E-state index is 0.110. The molecule has 4 heterocycles. The predicted octanol–water partition coefficient (Wildman–Crippen LogP) is 3.74. The fourth-order valence-electron chi connectivity index (χ4n) is 4.94. The van der Waals surface area contributed by atoms with Gasteiger partial charge in [0.05, 0.1) is 31.2 Å². The summed E-state index contributed by atoms with van der Waals surface area (Å²) >= 11 is 6.01. The summed E-state index contributed by atoms with van der Waals surface area (Å²) in [6.45, 7) is 1.60. The zero-order valence-electron chi connectivity index (χ0n) is 19.2. The van der Waals surface area contributed by atoms with E-state index in [1.54, 1.807) is 29.2 Å². The molecule has 4 aromatic rings. The Balaban J connectivity index is 1.52. The first kappa shape index (κ1) is 22.2. The van der Waals surface area contributed by atoms with Crippen LogP contribution in [0.3, 0.4) is 0 Å². The highest BCUT2D eigenvalue weighted by atomic mass is 35.5. The number of ether oxygens (including phenoxy) is 1. The second kappa shape index (κ2) is 8.73. The van der Waals surface area contributed by atoms with Crippen LogP contribution in [-0.4, -0.2) is 43.8 Å². The Morgan fingerprint density at radius 2 is 2.03 bits per heavy atom. The predicted molar refractivity (Wildman–Crippen MR) is 130 cm³/mol. The van der Waals surface area contributed by atoms with Gasteiger partial charge in [-0.2, -0.15) is 5.10 Å². The van der Waals surface area contributed by atoms with Crippen molar-refractivity contribution in [2.75, 3.05) is 24.6 Å². The molecule has 1 atom stereocenters. The van der Waals surface area contributed by atoms with Crippen LogP contribution < -0.4 is 10.5 Å². The molecule has 0 saturated carbocycles. The molecular formula is C25H24ClFN6O2. The van der Waals surface area contributed by atoms with Crippen LogP contribution >= 0.6 is 11.6 Å². The molecule has 0 bridgehead atoms. The van der Waals surface area contributed by atoms with Crippen LogP contribution in [0.5, 0.6) is 0 Å². The maximum absolute atomic E-state index is 15.1. The molecule has 0 N–H and O–H groups in total. The number of anilines is 1. The first-order valence-corrected chi connectivity index (χ1v) is 12.1. The number of benzene rings is 1. The van der Waals surface area contributed by atoms with Gasteiger partial charge in [0.15, 0.2) is 5.65 Å². The van der Waals surface area contributed by atoms with Crippen LogP contribution in [0.2, 0.25) is 5.02 Å². The second-order valence-corrected chi connectivity index (χ2v) is 9.50. The van der Waals surface area contributed by atoms with E-state index in [0.717, 1.165) is 36.1 Å². The average molecular weight is 495 g/mol. The minimum Gasteiger partial charge on any atom is -0.370 e. The van der Waals surface area contributed by atoms with Crippen molar-refractivity contribution in [3.63, 3.8) is 0 Å². The summed E-state index contributed by atoms with van der Waals surface area (Å²) in [6.07, 6.45) is 8.63. The highest BCUT2D eigenvalue weighted by Crippen LogP contribution is 2.31. The molecule has 0 radical (unpaired) electrons. The molecule has 0 spiro atoms. The van der Waals surface area contributed by atoms with Crippen molar-refractivity contribution in [3.8, 4) is 11.3 Å². The normalized spacial score (nSPS) is 18.1. The molecule has 35 heavy (non-hydrogen) atoms. The Morgan fingerprint density at radius 3 is 2.83 bits per heavy atom. The number of hydrogen-bond donors (Lipinski definition) is 0. The summed E-state index contributed by atoms with van der Waals surface area (Å²) in [5, 5.41) is 4.54. The van der Waals surface area contributed by atoms with E-state index in [9.17, 15) is 4.79 Å². The molecule has 1 saturated heterocycles. The summed E-state index contributed by atoms with van der Waals surface area (Å²) in [7, 11) is 1.86. The number of aryl methyl sites for hydroxylation is 2. The first-order valence-electron chi connectivity index (χ1n) is 11.7. The third kappa shape index (κ3) is 3.98. The van der Waals surface area contributed by atoms with Crippen LogP contribution in [0, 0.1) is 5.82 Å². The number of nitrogens with zero attached hydrogens (tertiary/aromatic N) is 6. The van der Waals surface area contributed by atoms with E-state index in [-0.39, 0.29) is 17.2 Å². The average Bonchev–Trinajstić information content (AvgIpc) is 3.30. The molecule has 0 unspecified atom stereocenters. The van der Waals surface area contributed by atoms with Crippen molar-refractivity contribution in [2.24, 2.45) is 7.05 Å². The number of morpholine rings is 1. The Labute approximate surface area is 205 Å². The van der Waals surface area contributed by atoms with Crippen molar-refractivity contribution >= 4 is 23.1 Å². The van der Waals surface area contributed by atoms with Crippen molar-refractivity contribution in [3.05, 3.63) is 74.8 Å². The van der Waals surface area contributed by atoms with Gasteiger partial charge in [0.1, 0.15) is 23.4 Å². The van der Waals surface area contributed by atoms with E-state index < -0.39 is 5.82 Å². The summed E-state index contributed by atoms with van der Waals surface area (Å²) in [5.41, 5.74) is 3.33. The number of hydrogen-bond acceptors (Lipinski definition) is 6. The largest absolute Gasteiger partial charge is 0.370 e. The number of aromatic nitrogens is 5. The Kier molecular flexibility index (Phi) is 5.53. The highest BCUT2D eigenvalue weighted by Gasteiger charge is 2.27. The molecule has 0 amide bonds. The second-order valence-electron chi connectivity index (χ2n) is 9.07. The zero-order valence-corrected chi connectivity index (χ0v) is 20.0. The van der Waals surface area contributed by atoms with Gasteiger partial charge in [-0.1, -0.05) is 11.6 Å². The van der Waals surface area contributed by atoms with Crippen molar-refractivity contribution in [1.29, 1.82) is 0 Å². The van der Waals surface area contributed by atoms with Gasteiger partial charge in [0, 0.05) is 41.5 Å². The molecule has 8 nitrogen and oxygen atoms in total. The van der Waals surface area contributed by atoms with Crippen LogP contribution in [0.15, 0.2) is 41.6 Å². The molecule has 1 aliphatic heterocycles. The van der Waals surface area contributed by atoms with Gasteiger partial charge < -0.3 is 9.64 Å². The van der Waals surface area contributed by atoms with E-state index in [1.807, 2.05) is 13.2 Å². The van der Waals surface area contributed by atoms with Gasteiger partial charge in [-0.15, -0.1) is 0 Å². The number of fused-ring (bicyclic) bond motifs is 2. The lowest BCUT2D eigenvalue weighted by molar-refractivity contribution is 0.0394. The van der Waals surface area contributed by atoms with Crippen molar-refractivity contribution in [1.82, 2.24) is 24.1 Å². The summed E-state index contributed by atoms with van der Waals surface area (Å²) in [4.78, 5) is 25.3. The smallest absolute Gasteiger partial charge is 0.261 e. The highest BCUT2D eigenvalue weighted by molar-refractivity contribution is 6.30. The summed E-state index contributed by atoms with van der Waals surface area (Å²) in [5.74, 6) is 0.0601. The Morgan fingerprint density at radius 1 is 1.17 bits per heavy atom. The van der Waals surface area contributed by atoms with E-state index in [4.69, 9.17) is 26.3 Å². The summed E-state index contributed by atoms with van der Waals surface area (Å²) in [6, 6.07) is 4.47. The monoisotopic (exact) mass is 494 g/mol. The maximum Gasteiger partial charge on any atom is 0.261 e. The van der Waals surface area contributed by atoms with Crippen LogP contribution in [0.1, 0.15) is 35.8 Å². The third-order valence-electron chi connectivity index (χ3n) is 6.74. The lowest BCUT2D eigenvalue weighted by Gasteiger charge is -2.33. The zero-order chi connectivity index (χ0) is 24.1. The molecule has 1 fully saturated rings. The fourth-order valence-corrected chi connectivity index (χ4v) is 5.10. The first-order chi connectivity index (χ1) is 17.0. The Hall–Kier alpha value is -3.30. The van der Waals surface area contributed by atoms with Gasteiger partial charge in [0.25, 0.3) is 5.56 Å². The standard InChI is InChI=1S/C25H24ClFN6O2/c1-31-12-15(11-28-31)21-13-32(8-9-35-21)22-14-33-24(29-20-5-3-2-4-18(20)25(33)34)23(30-22)17-7-6-16(26)10-19(17)27/h6-7,10-12,14,21H,2-5,8-9,13H2,1H3/t21-/m0/s1. The SMILES string of the molecule is Cn1cc([C@@H]2CN(c3cn4c(=O)c5c(nc4c(-c4ccc(Cl)cc4F)n3)CCCC5)CCO2)cn1. The molecular weight excluding hydrogens is 471 g/mol. The molecule has 6 rings (SSSR count). The molecule has 1 aliphatic carbocycles. The maximum atomic E-state index is 15.1. The van der Waals surface area contributed by atoms with Crippen LogP contribution in [-0.2, 0) is 24.6 Å². The molecule has 3 aromatic heterocycles. The van der Waals surface area contributed by atoms with E-state index in [2.05, 4.69) is 10.00 Å². The molecule has 2 aliphatic rings. The number of halogens is 2. The molecule has 1 aromatic carbocycles. The van der Waals surface area contributed by atoms with Crippen molar-refractivity contribution in [2.45, 2.75) is 31.8 Å². The molecule has 10 heteroatoms. The summed E-state index contributed by atoms with van der Waals surface area (Å²) < 4.78 is 24.3.